The van der Waals surface area contributed by atoms with Crippen LogP contribution in [-0.2, 0) is 0 Å². The van der Waals surface area contributed by atoms with Gasteiger partial charge in [-0.2, -0.15) is 0 Å². The molecule has 0 spiro atoms. The molecule has 150 valence electrons. The molecule has 28 heavy (non-hydrogen) atoms. The van der Waals surface area contributed by atoms with Crippen molar-refractivity contribution in [2.45, 2.75) is 51.9 Å². The van der Waals surface area contributed by atoms with Gasteiger partial charge in [0.15, 0.2) is 0 Å². The highest BCUT2D eigenvalue weighted by Crippen LogP contribution is 2.19. The molecular weight excluding hydrogens is 358 g/mol. The zero-order valence-corrected chi connectivity index (χ0v) is 16.3. The van der Waals surface area contributed by atoms with Crippen LogP contribution in [-0.4, -0.2) is 17.5 Å². The van der Waals surface area contributed by atoms with Gasteiger partial charge in [0.2, 0.25) is 0 Å². The number of hydrogen-bond donors (Lipinski definition) is 0. The molecule has 0 radical (unpaired) electrons. The number of esters is 1. The van der Waals surface area contributed by atoms with E-state index in [-0.39, 0.29) is 11.4 Å². The molecule has 0 unspecified atom stereocenters. The normalized spacial score (nSPS) is 10.5. The predicted octanol–water partition coefficient (Wildman–Crippen LogP) is 5.94. The van der Waals surface area contributed by atoms with Gasteiger partial charge in [-0.25, -0.2) is 4.79 Å². The molecule has 0 aliphatic carbocycles. The summed E-state index contributed by atoms with van der Waals surface area (Å²) in [7, 11) is 0. The van der Waals surface area contributed by atoms with Crippen LogP contribution in [0.1, 0.15) is 62.2 Å². The third kappa shape index (κ3) is 7.39. The Morgan fingerprint density at radius 3 is 2.04 bits per heavy atom. The van der Waals surface area contributed by atoms with Crippen LogP contribution in [0.3, 0.4) is 0 Å². The van der Waals surface area contributed by atoms with E-state index in [2.05, 4.69) is 6.92 Å². The fourth-order valence-electron chi connectivity index (χ4n) is 2.74. The van der Waals surface area contributed by atoms with Crippen LogP contribution in [0.4, 0.5) is 5.69 Å². The zero-order valence-electron chi connectivity index (χ0n) is 16.3. The van der Waals surface area contributed by atoms with Crippen molar-refractivity contribution in [2.75, 3.05) is 6.61 Å². The van der Waals surface area contributed by atoms with Crippen molar-refractivity contribution >= 4 is 11.7 Å². The number of non-ortho nitro benzene ring substituents is 1. The predicted molar refractivity (Wildman–Crippen MR) is 108 cm³/mol. The summed E-state index contributed by atoms with van der Waals surface area (Å²) in [5.74, 6) is 0.459. The Balaban J connectivity index is 1.72. The quantitative estimate of drug-likeness (QED) is 0.148. The fourth-order valence-corrected chi connectivity index (χ4v) is 2.74. The fraction of sp³-hybridized carbons (Fsp3) is 0.409. The summed E-state index contributed by atoms with van der Waals surface area (Å²) in [6.07, 6.45) is 8.63. The standard InChI is InChI=1S/C22H27NO5/c1-2-3-4-5-6-7-8-17-27-20-13-9-18(10-14-20)22(24)28-21-15-11-19(12-16-21)23(25)26/h9-16H,2-8,17H2,1H3. The molecular formula is C22H27NO5. The van der Waals surface area contributed by atoms with Gasteiger partial charge in [-0.05, 0) is 42.8 Å². The number of unbranched alkanes of at least 4 members (excludes halogenated alkanes) is 6. The van der Waals surface area contributed by atoms with Crippen LogP contribution in [0.2, 0.25) is 0 Å². The molecule has 0 fully saturated rings. The van der Waals surface area contributed by atoms with Crippen molar-refractivity contribution in [1.29, 1.82) is 0 Å². The Labute approximate surface area is 165 Å². The Bertz CT molecular complexity index is 741. The van der Waals surface area contributed by atoms with Gasteiger partial charge in [0.05, 0.1) is 17.1 Å². The lowest BCUT2D eigenvalue weighted by molar-refractivity contribution is -0.384. The number of nitro benzene ring substituents is 1. The van der Waals surface area contributed by atoms with Gasteiger partial charge >= 0.3 is 5.97 Å². The summed E-state index contributed by atoms with van der Waals surface area (Å²) in [5, 5.41) is 10.6. The summed E-state index contributed by atoms with van der Waals surface area (Å²) < 4.78 is 10.9. The zero-order chi connectivity index (χ0) is 20.2. The Morgan fingerprint density at radius 1 is 0.857 bits per heavy atom. The van der Waals surface area contributed by atoms with Crippen molar-refractivity contribution in [3.8, 4) is 11.5 Å². The maximum absolute atomic E-state index is 12.2. The van der Waals surface area contributed by atoms with Gasteiger partial charge in [-0.3, -0.25) is 10.1 Å². The van der Waals surface area contributed by atoms with E-state index >= 15 is 0 Å². The molecule has 0 bridgehead atoms. The van der Waals surface area contributed by atoms with E-state index in [1.54, 1.807) is 24.3 Å². The minimum atomic E-state index is -0.521. The third-order valence-electron chi connectivity index (χ3n) is 4.36. The monoisotopic (exact) mass is 385 g/mol. The second kappa shape index (κ2) is 11.7. The molecule has 2 aromatic carbocycles. The van der Waals surface area contributed by atoms with E-state index in [9.17, 15) is 14.9 Å². The first-order chi connectivity index (χ1) is 13.6. The van der Waals surface area contributed by atoms with Gasteiger partial charge in [-0.15, -0.1) is 0 Å². The lowest BCUT2D eigenvalue weighted by Crippen LogP contribution is -2.08. The molecule has 0 aromatic heterocycles. The molecule has 0 aliphatic heterocycles. The molecule has 6 heteroatoms. The Hall–Kier alpha value is -2.89. The highest BCUT2D eigenvalue weighted by atomic mass is 16.6. The van der Waals surface area contributed by atoms with E-state index in [4.69, 9.17) is 9.47 Å². The van der Waals surface area contributed by atoms with Crippen LogP contribution >= 0.6 is 0 Å². The summed E-state index contributed by atoms with van der Waals surface area (Å²) >= 11 is 0. The minimum Gasteiger partial charge on any atom is -0.494 e. The minimum absolute atomic E-state index is 0.0535. The molecule has 0 heterocycles. The maximum Gasteiger partial charge on any atom is 0.343 e. The molecule has 0 amide bonds. The number of nitrogens with zero attached hydrogens (tertiary/aromatic N) is 1. The molecule has 0 atom stereocenters. The van der Waals surface area contributed by atoms with Crippen LogP contribution in [0.5, 0.6) is 11.5 Å². The first-order valence-corrected chi connectivity index (χ1v) is 9.79. The van der Waals surface area contributed by atoms with Crippen molar-refractivity contribution in [2.24, 2.45) is 0 Å². The molecule has 6 nitrogen and oxygen atoms in total. The number of hydrogen-bond acceptors (Lipinski definition) is 5. The topological polar surface area (TPSA) is 78.7 Å². The summed E-state index contributed by atoms with van der Waals surface area (Å²) in [6.45, 7) is 2.88. The third-order valence-corrected chi connectivity index (χ3v) is 4.36. The van der Waals surface area contributed by atoms with Crippen molar-refractivity contribution in [3.63, 3.8) is 0 Å². The van der Waals surface area contributed by atoms with Crippen molar-refractivity contribution in [3.05, 3.63) is 64.2 Å². The highest BCUT2D eigenvalue weighted by molar-refractivity contribution is 5.91. The molecule has 0 aliphatic rings. The van der Waals surface area contributed by atoms with Gasteiger partial charge in [-0.1, -0.05) is 45.4 Å². The van der Waals surface area contributed by atoms with E-state index < -0.39 is 10.9 Å². The molecule has 0 saturated heterocycles. The second-order valence-electron chi connectivity index (χ2n) is 6.63. The van der Waals surface area contributed by atoms with Crippen LogP contribution in [0.15, 0.2) is 48.5 Å². The lowest BCUT2D eigenvalue weighted by Gasteiger charge is -2.08. The van der Waals surface area contributed by atoms with Crippen LogP contribution in [0, 0.1) is 10.1 Å². The van der Waals surface area contributed by atoms with Gasteiger partial charge < -0.3 is 9.47 Å². The molecule has 2 aromatic rings. The Morgan fingerprint density at radius 2 is 1.43 bits per heavy atom. The first-order valence-electron chi connectivity index (χ1n) is 9.79. The highest BCUT2D eigenvalue weighted by Gasteiger charge is 2.10. The van der Waals surface area contributed by atoms with Crippen LogP contribution in [0.25, 0.3) is 0 Å². The summed E-state index contributed by atoms with van der Waals surface area (Å²) in [6, 6.07) is 12.2. The van der Waals surface area contributed by atoms with Crippen molar-refractivity contribution < 1.29 is 19.2 Å². The first kappa shape index (κ1) is 21.4. The Kier molecular flexibility index (Phi) is 8.98. The number of benzene rings is 2. The molecule has 0 saturated carbocycles. The maximum atomic E-state index is 12.2. The average Bonchev–Trinajstić information content (AvgIpc) is 2.71. The van der Waals surface area contributed by atoms with Crippen LogP contribution < -0.4 is 9.47 Å². The largest absolute Gasteiger partial charge is 0.494 e. The summed E-state index contributed by atoms with van der Waals surface area (Å²) in [5.41, 5.74) is 0.337. The molecule has 2 rings (SSSR count). The number of carbonyl (C=O) groups is 1. The van der Waals surface area contributed by atoms with E-state index in [1.807, 2.05) is 0 Å². The molecule has 0 N–H and O–H groups in total. The number of carbonyl (C=O) groups excluding carboxylic acids is 1. The van der Waals surface area contributed by atoms with E-state index in [0.717, 1.165) is 12.2 Å². The number of rotatable bonds is 12. The number of nitro groups is 1. The van der Waals surface area contributed by atoms with Gasteiger partial charge in [0, 0.05) is 12.1 Å². The van der Waals surface area contributed by atoms with Gasteiger partial charge in [0.25, 0.3) is 5.69 Å². The van der Waals surface area contributed by atoms with Gasteiger partial charge in [0.1, 0.15) is 11.5 Å². The number of ether oxygens (including phenoxy) is 2. The van der Waals surface area contributed by atoms with E-state index in [0.29, 0.717) is 12.2 Å². The smallest absolute Gasteiger partial charge is 0.343 e. The van der Waals surface area contributed by atoms with E-state index in [1.165, 1.54) is 62.8 Å². The average molecular weight is 385 g/mol. The second-order valence-corrected chi connectivity index (χ2v) is 6.63. The van der Waals surface area contributed by atoms with Crippen molar-refractivity contribution in [1.82, 2.24) is 0 Å². The SMILES string of the molecule is CCCCCCCCCOc1ccc(C(=O)Oc2ccc([N+](=O)[O-])cc2)cc1. The summed E-state index contributed by atoms with van der Waals surface area (Å²) in [4.78, 5) is 22.3. The lowest BCUT2D eigenvalue weighted by atomic mass is 10.1.